The lowest BCUT2D eigenvalue weighted by atomic mass is 10.2. The van der Waals surface area contributed by atoms with E-state index in [-0.39, 0.29) is 0 Å². The highest BCUT2D eigenvalue weighted by Gasteiger charge is 2.23. The maximum Gasteiger partial charge on any atom is 0.161 e. The molecule has 0 bridgehead atoms. The minimum atomic E-state index is 0.544. The first-order chi connectivity index (χ1) is 13.8. The second-order valence-electron chi connectivity index (χ2n) is 6.84. The fraction of sp³-hybridized carbons (Fsp3) is 0.273. The van der Waals surface area contributed by atoms with Gasteiger partial charge in [0.1, 0.15) is 17.8 Å². The number of anilines is 5. The van der Waals surface area contributed by atoms with Gasteiger partial charge < -0.3 is 20.7 Å². The van der Waals surface area contributed by atoms with Gasteiger partial charge >= 0.3 is 0 Å². The van der Waals surface area contributed by atoms with E-state index in [1.807, 2.05) is 30.3 Å². The maximum absolute atomic E-state index is 6.43. The summed E-state index contributed by atoms with van der Waals surface area (Å²) < 4.78 is 5.71. The van der Waals surface area contributed by atoms with Crippen LogP contribution in [0, 0.1) is 0 Å². The topological polar surface area (TPSA) is 76.3 Å². The number of rotatable bonds is 7. The van der Waals surface area contributed by atoms with Crippen molar-refractivity contribution in [2.75, 3.05) is 29.1 Å². The number of para-hydroxylation sites is 1. The molecule has 1 aliphatic heterocycles. The normalized spacial score (nSPS) is 12.7. The van der Waals surface area contributed by atoms with Gasteiger partial charge in [-0.05, 0) is 48.7 Å². The Hall–Kier alpha value is -3.28. The van der Waals surface area contributed by atoms with Gasteiger partial charge in [-0.1, -0.05) is 31.5 Å². The third-order valence-electron chi connectivity index (χ3n) is 4.89. The Bertz CT molecular complexity index is 942. The highest BCUT2D eigenvalue weighted by Crippen LogP contribution is 2.38. The van der Waals surface area contributed by atoms with Crippen LogP contribution in [0.4, 0.5) is 28.7 Å². The number of nitrogen functional groups attached to an aromatic ring is 1. The predicted molar refractivity (Wildman–Crippen MR) is 114 cm³/mol. The van der Waals surface area contributed by atoms with Crippen LogP contribution in [-0.2, 0) is 6.42 Å². The predicted octanol–water partition coefficient (Wildman–Crippen LogP) is 4.68. The Labute approximate surface area is 165 Å². The molecule has 3 aromatic rings. The van der Waals surface area contributed by atoms with Gasteiger partial charge in [-0.25, -0.2) is 9.97 Å². The standard InChI is InChI=1S/C22H25N5O/c1-2-3-14-28-18-10-8-17(9-11-18)26-21-20(23)22(25-15-24-21)27-13-12-16-6-4-5-7-19(16)27/h4-11,15H,2-3,12-14,23H2,1H3,(H,24,25,26). The van der Waals surface area contributed by atoms with Gasteiger partial charge in [0.15, 0.2) is 11.6 Å². The molecule has 4 rings (SSSR count). The van der Waals surface area contributed by atoms with Crippen LogP contribution in [0.2, 0.25) is 0 Å². The van der Waals surface area contributed by atoms with Crippen LogP contribution in [0.25, 0.3) is 0 Å². The van der Waals surface area contributed by atoms with Gasteiger partial charge in [0.25, 0.3) is 0 Å². The summed E-state index contributed by atoms with van der Waals surface area (Å²) in [6, 6.07) is 16.2. The van der Waals surface area contributed by atoms with E-state index in [0.29, 0.717) is 11.5 Å². The zero-order chi connectivity index (χ0) is 19.3. The third-order valence-corrected chi connectivity index (χ3v) is 4.89. The molecule has 0 saturated carbocycles. The number of nitrogens with zero attached hydrogens (tertiary/aromatic N) is 3. The fourth-order valence-corrected chi connectivity index (χ4v) is 3.36. The smallest absolute Gasteiger partial charge is 0.161 e. The number of unbranched alkanes of at least 4 members (excludes halogenated alkanes) is 1. The van der Waals surface area contributed by atoms with Gasteiger partial charge in [0.2, 0.25) is 0 Å². The van der Waals surface area contributed by atoms with Crippen LogP contribution in [0.1, 0.15) is 25.3 Å². The van der Waals surface area contributed by atoms with Crippen molar-refractivity contribution in [2.45, 2.75) is 26.2 Å². The van der Waals surface area contributed by atoms with Gasteiger partial charge in [-0.2, -0.15) is 0 Å². The molecule has 0 spiro atoms. The Kier molecular flexibility index (Phi) is 5.28. The lowest BCUT2D eigenvalue weighted by molar-refractivity contribution is 0.309. The summed E-state index contributed by atoms with van der Waals surface area (Å²) in [5, 5.41) is 3.30. The molecule has 0 radical (unpaired) electrons. The number of fused-ring (bicyclic) bond motifs is 1. The molecule has 0 saturated heterocycles. The van der Waals surface area contributed by atoms with Crippen molar-refractivity contribution < 1.29 is 4.74 Å². The van der Waals surface area contributed by atoms with E-state index in [2.05, 4.69) is 45.3 Å². The molecule has 0 amide bonds. The minimum Gasteiger partial charge on any atom is -0.494 e. The number of nitrogens with one attached hydrogen (secondary N) is 1. The molecular weight excluding hydrogens is 350 g/mol. The Balaban J connectivity index is 1.52. The van der Waals surface area contributed by atoms with Gasteiger partial charge in [-0.15, -0.1) is 0 Å². The first-order valence-electron chi connectivity index (χ1n) is 9.72. The van der Waals surface area contributed by atoms with Gasteiger partial charge in [0.05, 0.1) is 6.61 Å². The Morgan fingerprint density at radius 3 is 2.75 bits per heavy atom. The molecule has 0 fully saturated rings. The molecule has 1 aliphatic rings. The van der Waals surface area contributed by atoms with Crippen LogP contribution in [0.5, 0.6) is 5.75 Å². The molecule has 6 heteroatoms. The minimum absolute atomic E-state index is 0.544. The van der Waals surface area contributed by atoms with E-state index < -0.39 is 0 Å². The van der Waals surface area contributed by atoms with Crippen molar-refractivity contribution in [1.82, 2.24) is 9.97 Å². The van der Waals surface area contributed by atoms with Crippen LogP contribution in [0.15, 0.2) is 54.9 Å². The van der Waals surface area contributed by atoms with E-state index in [0.717, 1.165) is 55.4 Å². The first-order valence-corrected chi connectivity index (χ1v) is 9.72. The molecule has 1 aromatic heterocycles. The summed E-state index contributed by atoms with van der Waals surface area (Å²) in [7, 11) is 0. The first kappa shape index (κ1) is 18.1. The summed E-state index contributed by atoms with van der Waals surface area (Å²) in [6.07, 6.45) is 4.72. The number of hydrogen-bond donors (Lipinski definition) is 2. The van der Waals surface area contributed by atoms with Crippen molar-refractivity contribution in [3.05, 3.63) is 60.4 Å². The van der Waals surface area contributed by atoms with Crippen LogP contribution in [-0.4, -0.2) is 23.1 Å². The highest BCUT2D eigenvalue weighted by atomic mass is 16.5. The van der Waals surface area contributed by atoms with E-state index in [9.17, 15) is 0 Å². The van der Waals surface area contributed by atoms with Crippen molar-refractivity contribution >= 4 is 28.7 Å². The number of benzene rings is 2. The summed E-state index contributed by atoms with van der Waals surface area (Å²) >= 11 is 0. The number of aromatic nitrogens is 2. The van der Waals surface area contributed by atoms with Crippen molar-refractivity contribution in [3.8, 4) is 5.75 Å². The molecule has 6 nitrogen and oxygen atoms in total. The molecule has 3 N–H and O–H groups in total. The van der Waals surface area contributed by atoms with Crippen molar-refractivity contribution in [2.24, 2.45) is 0 Å². The average Bonchev–Trinajstić information content (AvgIpc) is 3.15. The summed E-state index contributed by atoms with van der Waals surface area (Å²) in [5.74, 6) is 2.21. The van der Waals surface area contributed by atoms with Crippen molar-refractivity contribution in [1.29, 1.82) is 0 Å². The zero-order valence-corrected chi connectivity index (χ0v) is 16.1. The van der Waals surface area contributed by atoms with E-state index in [1.165, 1.54) is 5.56 Å². The molecular formula is C22H25N5O. The van der Waals surface area contributed by atoms with Crippen LogP contribution >= 0.6 is 0 Å². The lowest BCUT2D eigenvalue weighted by Crippen LogP contribution is -2.17. The zero-order valence-electron chi connectivity index (χ0n) is 16.1. The Morgan fingerprint density at radius 2 is 1.93 bits per heavy atom. The molecule has 2 aromatic carbocycles. The molecule has 2 heterocycles. The van der Waals surface area contributed by atoms with E-state index in [1.54, 1.807) is 6.33 Å². The number of nitrogens with two attached hydrogens (primary N) is 1. The fourth-order valence-electron chi connectivity index (χ4n) is 3.36. The lowest BCUT2D eigenvalue weighted by Gasteiger charge is -2.21. The van der Waals surface area contributed by atoms with E-state index >= 15 is 0 Å². The van der Waals surface area contributed by atoms with Crippen LogP contribution in [0.3, 0.4) is 0 Å². The van der Waals surface area contributed by atoms with Crippen molar-refractivity contribution in [3.63, 3.8) is 0 Å². The molecule has 0 unspecified atom stereocenters. The summed E-state index contributed by atoms with van der Waals surface area (Å²) in [4.78, 5) is 10.9. The SMILES string of the molecule is CCCCOc1ccc(Nc2ncnc(N3CCc4ccccc43)c2N)cc1. The number of ether oxygens (including phenoxy) is 1. The highest BCUT2D eigenvalue weighted by molar-refractivity contribution is 5.83. The van der Waals surface area contributed by atoms with Gasteiger partial charge in [-0.3, -0.25) is 0 Å². The Morgan fingerprint density at radius 1 is 1.11 bits per heavy atom. The second-order valence-corrected chi connectivity index (χ2v) is 6.84. The molecule has 144 valence electrons. The average molecular weight is 375 g/mol. The second kappa shape index (κ2) is 8.17. The summed E-state index contributed by atoms with van der Waals surface area (Å²) in [5.41, 5.74) is 10.3. The third kappa shape index (κ3) is 3.71. The maximum atomic E-state index is 6.43. The quantitative estimate of drug-likeness (QED) is 0.584. The van der Waals surface area contributed by atoms with Crippen LogP contribution < -0.4 is 20.7 Å². The van der Waals surface area contributed by atoms with Gasteiger partial charge in [0, 0.05) is 17.9 Å². The largest absolute Gasteiger partial charge is 0.494 e. The monoisotopic (exact) mass is 375 g/mol. The van der Waals surface area contributed by atoms with E-state index in [4.69, 9.17) is 10.5 Å². The molecule has 28 heavy (non-hydrogen) atoms. The molecule has 0 atom stereocenters. The molecule has 0 aliphatic carbocycles. The number of hydrogen-bond acceptors (Lipinski definition) is 6. The summed E-state index contributed by atoms with van der Waals surface area (Å²) in [6.45, 7) is 3.75.